The first kappa shape index (κ1) is 15.5. The molecule has 2 nitrogen and oxygen atoms in total. The Kier molecular flexibility index (Phi) is 4.97. The van der Waals surface area contributed by atoms with Crippen LogP contribution in [0.2, 0.25) is 0 Å². The zero-order valence-corrected chi connectivity index (χ0v) is 12.5. The van der Waals surface area contributed by atoms with Crippen LogP contribution in [0, 0.1) is 5.82 Å². The summed E-state index contributed by atoms with van der Waals surface area (Å²) in [6.07, 6.45) is 0.566. The van der Waals surface area contributed by atoms with Crippen LogP contribution in [0.5, 0.6) is 5.75 Å². The van der Waals surface area contributed by atoms with Crippen LogP contribution < -0.4 is 4.74 Å². The summed E-state index contributed by atoms with van der Waals surface area (Å²) in [7, 11) is 0. The van der Waals surface area contributed by atoms with Crippen LogP contribution in [0.15, 0.2) is 48.5 Å². The fourth-order valence-electron chi connectivity index (χ4n) is 2.51. The minimum Gasteiger partial charge on any atom is -0.494 e. The first-order valence-electron chi connectivity index (χ1n) is 7.16. The van der Waals surface area contributed by atoms with E-state index in [-0.39, 0.29) is 12.4 Å². The molecule has 0 radical (unpaired) electrons. The molecule has 0 aliphatic heterocycles. The zero-order valence-electron chi connectivity index (χ0n) is 12.5. The maximum absolute atomic E-state index is 14.0. The van der Waals surface area contributed by atoms with Crippen molar-refractivity contribution < 1.29 is 14.2 Å². The lowest BCUT2D eigenvalue weighted by Gasteiger charge is -2.28. The molecule has 2 aromatic carbocycles. The second kappa shape index (κ2) is 6.72. The lowest BCUT2D eigenvalue weighted by atomic mass is 9.78. The molecule has 0 amide bonds. The van der Waals surface area contributed by atoms with Crippen molar-refractivity contribution in [3.05, 3.63) is 65.5 Å². The summed E-state index contributed by atoms with van der Waals surface area (Å²) in [5, 5.41) is 9.77. The molecule has 1 unspecified atom stereocenters. The van der Waals surface area contributed by atoms with E-state index >= 15 is 0 Å². The average Bonchev–Trinajstić information content (AvgIpc) is 2.50. The Balaban J connectivity index is 2.24. The van der Waals surface area contributed by atoms with Gasteiger partial charge < -0.3 is 9.84 Å². The number of ether oxygens (including phenoxy) is 1. The summed E-state index contributed by atoms with van der Waals surface area (Å²) in [6.45, 7) is 4.33. The average molecular weight is 288 g/mol. The van der Waals surface area contributed by atoms with Gasteiger partial charge in [0.05, 0.1) is 13.2 Å². The molecule has 0 saturated heterocycles. The number of benzene rings is 2. The van der Waals surface area contributed by atoms with E-state index in [0.717, 1.165) is 11.3 Å². The smallest absolute Gasteiger partial charge is 0.127 e. The summed E-state index contributed by atoms with van der Waals surface area (Å²) in [6, 6.07) is 14.3. The Morgan fingerprint density at radius 2 is 1.76 bits per heavy atom. The van der Waals surface area contributed by atoms with Crippen molar-refractivity contribution in [2.45, 2.75) is 25.7 Å². The van der Waals surface area contributed by atoms with E-state index in [1.807, 2.05) is 38.1 Å². The molecule has 0 fully saturated rings. The standard InChI is InChI=1S/C18H21FO2/c1-3-21-15-10-8-14(9-11-15)12-18(2,13-20)16-6-4-5-7-17(16)19/h4-11,20H,3,12-13H2,1-2H3. The molecule has 2 aromatic rings. The molecule has 112 valence electrons. The first-order chi connectivity index (χ1) is 10.1. The van der Waals surface area contributed by atoms with Gasteiger partial charge in [-0.15, -0.1) is 0 Å². The molecule has 0 aromatic heterocycles. The number of rotatable bonds is 6. The Bertz CT molecular complexity index is 580. The van der Waals surface area contributed by atoms with Crippen molar-refractivity contribution in [3.63, 3.8) is 0 Å². The van der Waals surface area contributed by atoms with E-state index in [1.54, 1.807) is 18.2 Å². The lowest BCUT2D eigenvalue weighted by molar-refractivity contribution is 0.201. The highest BCUT2D eigenvalue weighted by Crippen LogP contribution is 2.30. The summed E-state index contributed by atoms with van der Waals surface area (Å²) < 4.78 is 19.4. The fraction of sp³-hybridized carbons (Fsp3) is 0.333. The van der Waals surface area contributed by atoms with Crippen LogP contribution >= 0.6 is 0 Å². The number of aliphatic hydroxyl groups excluding tert-OH is 1. The predicted molar refractivity (Wildman–Crippen MR) is 82.2 cm³/mol. The highest BCUT2D eigenvalue weighted by molar-refractivity contribution is 5.33. The zero-order chi connectivity index (χ0) is 15.3. The Morgan fingerprint density at radius 1 is 1.10 bits per heavy atom. The molecule has 0 bridgehead atoms. The van der Waals surface area contributed by atoms with E-state index in [9.17, 15) is 9.50 Å². The Labute approximate surface area is 125 Å². The third-order valence-electron chi connectivity index (χ3n) is 3.70. The quantitative estimate of drug-likeness (QED) is 0.878. The second-order valence-corrected chi connectivity index (χ2v) is 5.45. The monoisotopic (exact) mass is 288 g/mol. The van der Waals surface area contributed by atoms with Crippen LogP contribution in [0.25, 0.3) is 0 Å². The van der Waals surface area contributed by atoms with E-state index in [0.29, 0.717) is 18.6 Å². The van der Waals surface area contributed by atoms with Gasteiger partial charge in [-0.2, -0.15) is 0 Å². The van der Waals surface area contributed by atoms with Gasteiger partial charge in [0, 0.05) is 5.41 Å². The van der Waals surface area contributed by atoms with E-state index in [4.69, 9.17) is 4.74 Å². The predicted octanol–water partition coefficient (Wildman–Crippen LogP) is 3.72. The van der Waals surface area contributed by atoms with Gasteiger partial charge >= 0.3 is 0 Å². The van der Waals surface area contributed by atoms with Gasteiger partial charge in [0.1, 0.15) is 11.6 Å². The molecular weight excluding hydrogens is 267 g/mol. The van der Waals surface area contributed by atoms with Crippen LogP contribution in [-0.2, 0) is 11.8 Å². The first-order valence-corrected chi connectivity index (χ1v) is 7.16. The number of aliphatic hydroxyl groups is 1. The maximum atomic E-state index is 14.0. The molecule has 0 aliphatic carbocycles. The topological polar surface area (TPSA) is 29.5 Å². The molecule has 1 atom stereocenters. The molecule has 0 saturated carbocycles. The molecular formula is C18H21FO2. The van der Waals surface area contributed by atoms with Crippen molar-refractivity contribution in [2.75, 3.05) is 13.2 Å². The van der Waals surface area contributed by atoms with Crippen molar-refractivity contribution in [1.29, 1.82) is 0 Å². The minimum atomic E-state index is -0.640. The largest absolute Gasteiger partial charge is 0.494 e. The van der Waals surface area contributed by atoms with E-state index < -0.39 is 5.41 Å². The second-order valence-electron chi connectivity index (χ2n) is 5.45. The van der Waals surface area contributed by atoms with Crippen molar-refractivity contribution in [2.24, 2.45) is 0 Å². The van der Waals surface area contributed by atoms with Gasteiger partial charge in [-0.05, 0) is 42.7 Å². The fourth-order valence-corrected chi connectivity index (χ4v) is 2.51. The third-order valence-corrected chi connectivity index (χ3v) is 3.70. The number of hydrogen-bond donors (Lipinski definition) is 1. The van der Waals surface area contributed by atoms with Gasteiger partial charge in [-0.3, -0.25) is 0 Å². The van der Waals surface area contributed by atoms with Crippen molar-refractivity contribution in [1.82, 2.24) is 0 Å². The molecule has 1 N–H and O–H groups in total. The normalized spacial score (nSPS) is 13.7. The van der Waals surface area contributed by atoms with Gasteiger partial charge in [0.15, 0.2) is 0 Å². The molecule has 21 heavy (non-hydrogen) atoms. The number of halogens is 1. The molecule has 0 aliphatic rings. The van der Waals surface area contributed by atoms with Crippen LogP contribution in [0.3, 0.4) is 0 Å². The molecule has 2 rings (SSSR count). The minimum absolute atomic E-state index is 0.110. The molecule has 0 spiro atoms. The van der Waals surface area contributed by atoms with E-state index in [1.165, 1.54) is 6.07 Å². The number of hydrogen-bond acceptors (Lipinski definition) is 2. The van der Waals surface area contributed by atoms with Crippen molar-refractivity contribution in [3.8, 4) is 5.75 Å². The van der Waals surface area contributed by atoms with Crippen LogP contribution in [0.4, 0.5) is 4.39 Å². The Hall–Kier alpha value is -1.87. The molecule has 3 heteroatoms. The summed E-state index contributed by atoms with van der Waals surface area (Å²) in [4.78, 5) is 0. The lowest BCUT2D eigenvalue weighted by Crippen LogP contribution is -2.30. The Morgan fingerprint density at radius 3 is 2.33 bits per heavy atom. The SMILES string of the molecule is CCOc1ccc(CC(C)(CO)c2ccccc2F)cc1. The summed E-state index contributed by atoms with van der Waals surface area (Å²) >= 11 is 0. The van der Waals surface area contributed by atoms with Crippen molar-refractivity contribution >= 4 is 0 Å². The van der Waals surface area contributed by atoms with Crippen LogP contribution in [0.1, 0.15) is 25.0 Å². The van der Waals surface area contributed by atoms with Gasteiger partial charge in [0.2, 0.25) is 0 Å². The summed E-state index contributed by atoms with van der Waals surface area (Å²) in [5.41, 5.74) is 0.943. The summed E-state index contributed by atoms with van der Waals surface area (Å²) in [5.74, 6) is 0.540. The third kappa shape index (κ3) is 3.61. The maximum Gasteiger partial charge on any atom is 0.127 e. The highest BCUT2D eigenvalue weighted by Gasteiger charge is 2.29. The molecule has 0 heterocycles. The van der Waals surface area contributed by atoms with Gasteiger partial charge in [-0.1, -0.05) is 37.3 Å². The van der Waals surface area contributed by atoms with E-state index in [2.05, 4.69) is 0 Å². The highest BCUT2D eigenvalue weighted by atomic mass is 19.1. The van der Waals surface area contributed by atoms with Crippen LogP contribution in [-0.4, -0.2) is 18.3 Å². The van der Waals surface area contributed by atoms with Gasteiger partial charge in [-0.25, -0.2) is 4.39 Å². The van der Waals surface area contributed by atoms with Gasteiger partial charge in [0.25, 0.3) is 0 Å².